The van der Waals surface area contributed by atoms with E-state index in [4.69, 9.17) is 22.1 Å². The first-order chi connectivity index (χ1) is 9.65. The molecule has 0 bridgehead atoms. The van der Waals surface area contributed by atoms with Crippen molar-refractivity contribution in [2.24, 2.45) is 5.73 Å². The van der Waals surface area contributed by atoms with Gasteiger partial charge in [0, 0.05) is 29.9 Å². The summed E-state index contributed by atoms with van der Waals surface area (Å²) in [6.07, 6.45) is 7.42. The molecule has 2 rings (SSSR count). The van der Waals surface area contributed by atoms with E-state index >= 15 is 0 Å². The first-order valence-corrected chi connectivity index (χ1v) is 8.24. The van der Waals surface area contributed by atoms with Crippen molar-refractivity contribution in [2.75, 3.05) is 18.5 Å². The minimum atomic E-state index is 0.377. The second-order valence-corrected chi connectivity index (χ2v) is 6.49. The van der Waals surface area contributed by atoms with Gasteiger partial charge < -0.3 is 15.8 Å². The standard InChI is InChI=1S/C14H21BrClN3O/c15-10-8-13(16)14(19-9-10)18-6-1-7-20-12-4-2-11(17)3-5-12/h8-9,11-12H,1-7,17H2,(H,18,19). The Labute approximate surface area is 133 Å². The molecule has 3 N–H and O–H groups in total. The van der Waals surface area contributed by atoms with E-state index < -0.39 is 0 Å². The van der Waals surface area contributed by atoms with Crippen molar-refractivity contribution in [1.29, 1.82) is 0 Å². The molecule has 112 valence electrons. The van der Waals surface area contributed by atoms with Crippen LogP contribution in [-0.4, -0.2) is 30.3 Å². The molecular formula is C14H21BrClN3O. The van der Waals surface area contributed by atoms with Gasteiger partial charge in [0.25, 0.3) is 0 Å². The Hall–Kier alpha value is -0.360. The number of anilines is 1. The van der Waals surface area contributed by atoms with Crippen LogP contribution in [0.1, 0.15) is 32.1 Å². The highest BCUT2D eigenvalue weighted by Gasteiger charge is 2.18. The predicted molar refractivity (Wildman–Crippen MR) is 86.2 cm³/mol. The number of pyridine rings is 1. The third kappa shape index (κ3) is 5.20. The van der Waals surface area contributed by atoms with Crippen molar-refractivity contribution in [1.82, 2.24) is 4.98 Å². The minimum Gasteiger partial charge on any atom is -0.378 e. The maximum absolute atomic E-state index is 6.08. The van der Waals surface area contributed by atoms with Crippen LogP contribution in [0.4, 0.5) is 5.82 Å². The summed E-state index contributed by atoms with van der Waals surface area (Å²) in [6, 6.07) is 2.21. The SMILES string of the molecule is NC1CCC(OCCCNc2ncc(Br)cc2Cl)CC1. The summed E-state index contributed by atoms with van der Waals surface area (Å²) < 4.78 is 6.74. The van der Waals surface area contributed by atoms with E-state index in [0.717, 1.165) is 55.5 Å². The zero-order valence-corrected chi connectivity index (χ0v) is 13.8. The van der Waals surface area contributed by atoms with Crippen molar-refractivity contribution in [3.63, 3.8) is 0 Å². The van der Waals surface area contributed by atoms with Crippen LogP contribution in [-0.2, 0) is 4.74 Å². The number of aromatic nitrogens is 1. The van der Waals surface area contributed by atoms with Crippen LogP contribution in [0.3, 0.4) is 0 Å². The first-order valence-electron chi connectivity index (χ1n) is 7.07. The zero-order valence-electron chi connectivity index (χ0n) is 11.4. The molecule has 6 heteroatoms. The molecule has 0 atom stereocenters. The second kappa shape index (κ2) is 8.17. The van der Waals surface area contributed by atoms with Gasteiger partial charge in [0.05, 0.1) is 11.1 Å². The molecule has 0 saturated heterocycles. The number of nitrogens with two attached hydrogens (primary N) is 1. The van der Waals surface area contributed by atoms with E-state index in [0.29, 0.717) is 17.2 Å². The van der Waals surface area contributed by atoms with Crippen molar-refractivity contribution in [2.45, 2.75) is 44.2 Å². The summed E-state index contributed by atoms with van der Waals surface area (Å²) in [5.74, 6) is 0.721. The summed E-state index contributed by atoms with van der Waals surface area (Å²) in [6.45, 7) is 1.57. The highest BCUT2D eigenvalue weighted by Crippen LogP contribution is 2.23. The van der Waals surface area contributed by atoms with E-state index in [2.05, 4.69) is 26.2 Å². The molecule has 0 unspecified atom stereocenters. The average Bonchev–Trinajstić information content (AvgIpc) is 2.42. The number of ether oxygens (including phenoxy) is 1. The molecule has 1 aliphatic rings. The van der Waals surface area contributed by atoms with Gasteiger partial charge in [0.1, 0.15) is 5.82 Å². The van der Waals surface area contributed by atoms with Crippen LogP contribution in [0.15, 0.2) is 16.7 Å². The predicted octanol–water partition coefficient (Wildman–Crippen LogP) is 3.59. The molecule has 0 aliphatic heterocycles. The highest BCUT2D eigenvalue weighted by molar-refractivity contribution is 9.10. The van der Waals surface area contributed by atoms with Crippen molar-refractivity contribution in [3.05, 3.63) is 21.8 Å². The average molecular weight is 363 g/mol. The lowest BCUT2D eigenvalue weighted by molar-refractivity contribution is 0.0251. The highest BCUT2D eigenvalue weighted by atomic mass is 79.9. The smallest absolute Gasteiger partial charge is 0.144 e. The number of nitrogens with one attached hydrogen (secondary N) is 1. The van der Waals surface area contributed by atoms with Crippen LogP contribution in [0, 0.1) is 0 Å². The van der Waals surface area contributed by atoms with Crippen LogP contribution >= 0.6 is 27.5 Å². The third-order valence-corrected chi connectivity index (χ3v) is 4.22. The number of halogens is 2. The number of hydrogen-bond donors (Lipinski definition) is 2. The quantitative estimate of drug-likeness (QED) is 0.759. The molecule has 4 nitrogen and oxygen atoms in total. The summed E-state index contributed by atoms with van der Waals surface area (Å²) in [4.78, 5) is 4.23. The Morgan fingerprint density at radius 2 is 2.15 bits per heavy atom. The lowest BCUT2D eigenvalue weighted by atomic mass is 9.94. The fourth-order valence-corrected chi connectivity index (χ4v) is 3.03. The number of rotatable bonds is 6. The number of hydrogen-bond acceptors (Lipinski definition) is 4. The molecule has 1 heterocycles. The Morgan fingerprint density at radius 3 is 2.85 bits per heavy atom. The molecule has 1 fully saturated rings. The van der Waals surface area contributed by atoms with Gasteiger partial charge in [-0.2, -0.15) is 0 Å². The molecule has 20 heavy (non-hydrogen) atoms. The van der Waals surface area contributed by atoms with E-state index in [1.165, 1.54) is 0 Å². The summed E-state index contributed by atoms with van der Waals surface area (Å²) >= 11 is 9.41. The Morgan fingerprint density at radius 1 is 1.40 bits per heavy atom. The Bertz CT molecular complexity index is 425. The van der Waals surface area contributed by atoms with E-state index in [1.54, 1.807) is 6.20 Å². The van der Waals surface area contributed by atoms with E-state index in [-0.39, 0.29) is 0 Å². The minimum absolute atomic E-state index is 0.377. The summed E-state index contributed by atoms with van der Waals surface area (Å²) in [5, 5.41) is 3.85. The van der Waals surface area contributed by atoms with Gasteiger partial charge >= 0.3 is 0 Å². The number of nitrogens with zero attached hydrogens (tertiary/aromatic N) is 1. The van der Waals surface area contributed by atoms with E-state index in [1.807, 2.05) is 6.07 Å². The van der Waals surface area contributed by atoms with Gasteiger partial charge in [0.15, 0.2) is 0 Å². The second-order valence-electron chi connectivity index (χ2n) is 5.17. The molecule has 1 aromatic rings. The van der Waals surface area contributed by atoms with E-state index in [9.17, 15) is 0 Å². The van der Waals surface area contributed by atoms with Crippen molar-refractivity contribution >= 4 is 33.3 Å². The van der Waals surface area contributed by atoms with Crippen LogP contribution in [0.5, 0.6) is 0 Å². The van der Waals surface area contributed by atoms with Gasteiger partial charge in [-0.15, -0.1) is 0 Å². The van der Waals surface area contributed by atoms with Gasteiger partial charge in [-0.1, -0.05) is 11.6 Å². The molecule has 1 aliphatic carbocycles. The summed E-state index contributed by atoms with van der Waals surface area (Å²) in [7, 11) is 0. The molecule has 0 amide bonds. The zero-order chi connectivity index (χ0) is 14.4. The van der Waals surface area contributed by atoms with Gasteiger partial charge in [0.2, 0.25) is 0 Å². The Balaban J connectivity index is 1.59. The lowest BCUT2D eigenvalue weighted by Gasteiger charge is -2.26. The topological polar surface area (TPSA) is 60.2 Å². The molecule has 0 radical (unpaired) electrons. The molecule has 0 spiro atoms. The van der Waals surface area contributed by atoms with Crippen LogP contribution < -0.4 is 11.1 Å². The molecule has 1 saturated carbocycles. The molecule has 1 aromatic heterocycles. The molecular weight excluding hydrogens is 342 g/mol. The third-order valence-electron chi connectivity index (χ3n) is 3.49. The first kappa shape index (κ1) is 16.0. The van der Waals surface area contributed by atoms with Gasteiger partial charge in [-0.05, 0) is 54.1 Å². The van der Waals surface area contributed by atoms with Gasteiger partial charge in [-0.25, -0.2) is 4.98 Å². The largest absolute Gasteiger partial charge is 0.378 e. The fourth-order valence-electron chi connectivity index (χ4n) is 2.33. The lowest BCUT2D eigenvalue weighted by Crippen LogP contribution is -2.30. The molecule has 0 aromatic carbocycles. The Kier molecular flexibility index (Phi) is 6.55. The van der Waals surface area contributed by atoms with Crippen molar-refractivity contribution < 1.29 is 4.74 Å². The normalized spacial score (nSPS) is 22.8. The van der Waals surface area contributed by atoms with Crippen LogP contribution in [0.25, 0.3) is 0 Å². The van der Waals surface area contributed by atoms with Crippen LogP contribution in [0.2, 0.25) is 5.02 Å². The van der Waals surface area contributed by atoms with Gasteiger partial charge in [-0.3, -0.25) is 0 Å². The fraction of sp³-hybridized carbons (Fsp3) is 0.643. The maximum Gasteiger partial charge on any atom is 0.144 e. The summed E-state index contributed by atoms with van der Waals surface area (Å²) in [5.41, 5.74) is 5.87. The van der Waals surface area contributed by atoms with Crippen molar-refractivity contribution in [3.8, 4) is 0 Å². The monoisotopic (exact) mass is 361 g/mol. The maximum atomic E-state index is 6.08.